The minimum Gasteiger partial charge on any atom is -0.340 e. The normalized spacial score (nSPS) is 10.6. The molecule has 1 amide bonds. The summed E-state index contributed by atoms with van der Waals surface area (Å²) in [6.07, 6.45) is 0. The highest BCUT2D eigenvalue weighted by Gasteiger charge is 2.11. The van der Waals surface area contributed by atoms with Crippen LogP contribution in [0.1, 0.15) is 16.1 Å². The molecule has 4 nitrogen and oxygen atoms in total. The number of nitrogens with two attached hydrogens (primary N) is 1. The molecule has 0 spiro atoms. The number of carbonyl (C=O) groups is 1. The predicted molar refractivity (Wildman–Crippen MR) is 59.3 cm³/mol. The summed E-state index contributed by atoms with van der Waals surface area (Å²) in [7, 11) is 1.85. The number of carbonyl (C=O) groups excluding carboxylic acids is 1. The summed E-state index contributed by atoms with van der Waals surface area (Å²) < 4.78 is 1.83. The average molecular weight is 203 g/mol. The highest BCUT2D eigenvalue weighted by Crippen LogP contribution is 2.19. The Kier molecular flexibility index (Phi) is 2.21. The van der Waals surface area contributed by atoms with Gasteiger partial charge in [-0.3, -0.25) is 10.2 Å². The lowest BCUT2D eigenvalue weighted by atomic mass is 10.2. The van der Waals surface area contributed by atoms with Crippen LogP contribution in [0.15, 0.2) is 24.3 Å². The van der Waals surface area contributed by atoms with Crippen LogP contribution in [0.2, 0.25) is 0 Å². The average Bonchev–Trinajstić information content (AvgIpc) is 2.54. The van der Waals surface area contributed by atoms with Gasteiger partial charge in [0.05, 0.1) is 0 Å². The molecule has 0 aliphatic rings. The third-order valence-electron chi connectivity index (χ3n) is 2.56. The Morgan fingerprint density at radius 1 is 1.40 bits per heavy atom. The van der Waals surface area contributed by atoms with Crippen molar-refractivity contribution in [3.63, 3.8) is 0 Å². The third kappa shape index (κ3) is 1.49. The van der Waals surface area contributed by atoms with Crippen LogP contribution in [-0.2, 0) is 7.05 Å². The third-order valence-corrected chi connectivity index (χ3v) is 2.56. The molecule has 15 heavy (non-hydrogen) atoms. The van der Waals surface area contributed by atoms with Gasteiger partial charge in [-0.25, -0.2) is 5.84 Å². The number of hydrogen-bond acceptors (Lipinski definition) is 2. The number of rotatable bonds is 1. The molecule has 1 aromatic carbocycles. The van der Waals surface area contributed by atoms with Gasteiger partial charge in [-0.2, -0.15) is 0 Å². The topological polar surface area (TPSA) is 60.1 Å². The van der Waals surface area contributed by atoms with Gasteiger partial charge in [-0.1, -0.05) is 11.6 Å². The Morgan fingerprint density at radius 3 is 2.80 bits per heavy atom. The standard InChI is InChI=1S/C11H13N3O/c1-7-3-4-9-8(5-7)6-10(14(9)2)11(15)13-12/h3-6H,12H2,1-2H3,(H,13,15). The van der Waals surface area contributed by atoms with E-state index in [0.29, 0.717) is 5.69 Å². The molecule has 0 bridgehead atoms. The maximum absolute atomic E-state index is 11.4. The van der Waals surface area contributed by atoms with Crippen molar-refractivity contribution in [2.24, 2.45) is 12.9 Å². The molecule has 3 N–H and O–H groups in total. The van der Waals surface area contributed by atoms with E-state index in [0.717, 1.165) is 10.9 Å². The van der Waals surface area contributed by atoms with E-state index in [2.05, 4.69) is 5.43 Å². The van der Waals surface area contributed by atoms with Crippen molar-refractivity contribution in [1.82, 2.24) is 9.99 Å². The van der Waals surface area contributed by atoms with Crippen molar-refractivity contribution in [3.8, 4) is 0 Å². The van der Waals surface area contributed by atoms with Gasteiger partial charge < -0.3 is 4.57 Å². The number of hydrazine groups is 1. The quantitative estimate of drug-likeness (QED) is 0.414. The van der Waals surface area contributed by atoms with E-state index in [9.17, 15) is 4.79 Å². The number of nitrogens with zero attached hydrogens (tertiary/aromatic N) is 1. The van der Waals surface area contributed by atoms with Crippen molar-refractivity contribution in [2.45, 2.75) is 6.92 Å². The van der Waals surface area contributed by atoms with Crippen LogP contribution in [0.3, 0.4) is 0 Å². The van der Waals surface area contributed by atoms with Crippen LogP contribution >= 0.6 is 0 Å². The molecule has 0 saturated carbocycles. The molecule has 0 aliphatic carbocycles. The number of benzene rings is 1. The molecule has 1 aromatic heterocycles. The zero-order chi connectivity index (χ0) is 11.0. The zero-order valence-electron chi connectivity index (χ0n) is 8.74. The van der Waals surface area contributed by atoms with Crippen LogP contribution in [0, 0.1) is 6.92 Å². The van der Waals surface area contributed by atoms with Crippen molar-refractivity contribution in [1.29, 1.82) is 0 Å². The Balaban J connectivity index is 2.69. The minimum atomic E-state index is -0.272. The van der Waals surface area contributed by atoms with E-state index < -0.39 is 0 Å². The molecule has 4 heteroatoms. The lowest BCUT2D eigenvalue weighted by Gasteiger charge is -2.01. The number of nitrogen functional groups attached to an aromatic ring is 1. The number of amides is 1. The maximum Gasteiger partial charge on any atom is 0.281 e. The second-order valence-electron chi connectivity index (χ2n) is 3.62. The minimum absolute atomic E-state index is 0.272. The fraction of sp³-hybridized carbons (Fsp3) is 0.182. The molecule has 0 unspecified atom stereocenters. The van der Waals surface area contributed by atoms with Gasteiger partial charge in [0.1, 0.15) is 5.69 Å². The Morgan fingerprint density at radius 2 is 2.13 bits per heavy atom. The first-order valence-electron chi connectivity index (χ1n) is 4.70. The SMILES string of the molecule is Cc1ccc2c(c1)cc(C(=O)NN)n2C. The van der Waals surface area contributed by atoms with Gasteiger partial charge in [0.2, 0.25) is 0 Å². The fourth-order valence-corrected chi connectivity index (χ4v) is 1.76. The lowest BCUT2D eigenvalue weighted by Crippen LogP contribution is -2.31. The molecule has 2 rings (SSSR count). The molecule has 0 radical (unpaired) electrons. The summed E-state index contributed by atoms with van der Waals surface area (Å²) in [5.74, 6) is 4.84. The summed E-state index contributed by atoms with van der Waals surface area (Å²) >= 11 is 0. The first kappa shape index (κ1) is 9.73. The second-order valence-corrected chi connectivity index (χ2v) is 3.62. The van der Waals surface area contributed by atoms with E-state index in [-0.39, 0.29) is 5.91 Å². The predicted octanol–water partition coefficient (Wildman–Crippen LogP) is 1.09. The highest BCUT2D eigenvalue weighted by molar-refractivity contribution is 5.98. The maximum atomic E-state index is 11.4. The molecule has 0 atom stereocenters. The van der Waals surface area contributed by atoms with Crippen molar-refractivity contribution in [3.05, 3.63) is 35.5 Å². The van der Waals surface area contributed by atoms with Crippen LogP contribution in [-0.4, -0.2) is 10.5 Å². The summed E-state index contributed by atoms with van der Waals surface area (Å²) in [6, 6.07) is 7.90. The first-order valence-corrected chi connectivity index (χ1v) is 4.70. The molecular formula is C11H13N3O. The molecule has 0 saturated heterocycles. The van der Waals surface area contributed by atoms with E-state index >= 15 is 0 Å². The first-order chi connectivity index (χ1) is 7.13. The smallest absolute Gasteiger partial charge is 0.281 e. The Labute approximate surface area is 87.6 Å². The lowest BCUT2D eigenvalue weighted by molar-refractivity contribution is 0.0946. The molecular weight excluding hydrogens is 190 g/mol. The van der Waals surface area contributed by atoms with Gasteiger partial charge in [-0.05, 0) is 25.1 Å². The number of nitrogens with one attached hydrogen (secondary N) is 1. The van der Waals surface area contributed by atoms with Gasteiger partial charge in [0.15, 0.2) is 0 Å². The molecule has 0 fully saturated rings. The largest absolute Gasteiger partial charge is 0.340 e. The van der Waals surface area contributed by atoms with E-state index in [1.807, 2.05) is 42.8 Å². The van der Waals surface area contributed by atoms with Crippen molar-refractivity contribution in [2.75, 3.05) is 0 Å². The summed E-state index contributed by atoms with van der Waals surface area (Å²) in [6.45, 7) is 2.02. The van der Waals surface area contributed by atoms with Crippen molar-refractivity contribution < 1.29 is 4.79 Å². The number of aromatic nitrogens is 1. The Bertz CT molecular complexity index is 528. The number of hydrogen-bond donors (Lipinski definition) is 2. The zero-order valence-corrected chi connectivity index (χ0v) is 8.74. The molecule has 1 heterocycles. The van der Waals surface area contributed by atoms with Crippen LogP contribution in [0.25, 0.3) is 10.9 Å². The fourth-order valence-electron chi connectivity index (χ4n) is 1.76. The van der Waals surface area contributed by atoms with E-state index in [1.54, 1.807) is 0 Å². The van der Waals surface area contributed by atoms with E-state index in [1.165, 1.54) is 5.56 Å². The van der Waals surface area contributed by atoms with Gasteiger partial charge in [-0.15, -0.1) is 0 Å². The van der Waals surface area contributed by atoms with Crippen LogP contribution in [0.4, 0.5) is 0 Å². The van der Waals surface area contributed by atoms with Crippen LogP contribution in [0.5, 0.6) is 0 Å². The number of aryl methyl sites for hydroxylation is 2. The van der Waals surface area contributed by atoms with Gasteiger partial charge >= 0.3 is 0 Å². The van der Waals surface area contributed by atoms with Gasteiger partial charge in [0, 0.05) is 18.0 Å². The summed E-state index contributed by atoms with van der Waals surface area (Å²) in [4.78, 5) is 11.4. The van der Waals surface area contributed by atoms with Gasteiger partial charge in [0.25, 0.3) is 5.91 Å². The van der Waals surface area contributed by atoms with E-state index in [4.69, 9.17) is 5.84 Å². The van der Waals surface area contributed by atoms with Crippen LogP contribution < -0.4 is 11.3 Å². The van der Waals surface area contributed by atoms with Crippen molar-refractivity contribution >= 4 is 16.8 Å². The summed E-state index contributed by atoms with van der Waals surface area (Å²) in [5.41, 5.74) is 4.91. The molecule has 78 valence electrons. The number of fused-ring (bicyclic) bond motifs is 1. The highest BCUT2D eigenvalue weighted by atomic mass is 16.2. The molecule has 2 aromatic rings. The second kappa shape index (κ2) is 3.40. The summed E-state index contributed by atoms with van der Waals surface area (Å²) in [5, 5.41) is 1.05. The Hall–Kier alpha value is -1.81. The monoisotopic (exact) mass is 203 g/mol. The molecule has 0 aliphatic heterocycles.